The van der Waals surface area contributed by atoms with E-state index in [1.807, 2.05) is 0 Å². The molecule has 2 unspecified atom stereocenters. The highest BCUT2D eigenvalue weighted by molar-refractivity contribution is 5.48. The van der Waals surface area contributed by atoms with E-state index in [0.29, 0.717) is 18.5 Å². The highest BCUT2D eigenvalue weighted by atomic mass is 16.5. The van der Waals surface area contributed by atoms with Crippen LogP contribution >= 0.6 is 0 Å². The Balaban J connectivity index is 2.88. The van der Waals surface area contributed by atoms with E-state index in [9.17, 15) is 0 Å². The molecular weight excluding hydrogens is 224 g/mol. The van der Waals surface area contributed by atoms with Gasteiger partial charge in [0.2, 0.25) is 0 Å². The van der Waals surface area contributed by atoms with Crippen molar-refractivity contribution in [2.75, 3.05) is 31.7 Å². The highest BCUT2D eigenvalue weighted by Gasteiger charge is 2.22. The SMILES string of the molecule is CCN(c1ccc(C)cc1)C(CN)C(C)COC. The van der Waals surface area contributed by atoms with Crippen molar-refractivity contribution in [3.8, 4) is 0 Å². The Hall–Kier alpha value is -1.06. The smallest absolute Gasteiger partial charge is 0.0507 e. The molecule has 0 aliphatic carbocycles. The van der Waals surface area contributed by atoms with E-state index >= 15 is 0 Å². The molecule has 0 fully saturated rings. The van der Waals surface area contributed by atoms with Gasteiger partial charge in [-0.1, -0.05) is 24.6 Å². The van der Waals surface area contributed by atoms with E-state index in [1.165, 1.54) is 11.3 Å². The van der Waals surface area contributed by atoms with Crippen molar-refractivity contribution in [3.05, 3.63) is 29.8 Å². The standard InChI is InChI=1S/C15H26N2O/c1-5-17(14-8-6-12(2)7-9-14)15(10-16)13(3)11-18-4/h6-9,13,15H,5,10-11,16H2,1-4H3. The van der Waals surface area contributed by atoms with Gasteiger partial charge >= 0.3 is 0 Å². The lowest BCUT2D eigenvalue weighted by molar-refractivity contribution is 0.146. The summed E-state index contributed by atoms with van der Waals surface area (Å²) in [6.07, 6.45) is 0. The van der Waals surface area contributed by atoms with Crippen LogP contribution in [-0.4, -0.2) is 32.8 Å². The monoisotopic (exact) mass is 250 g/mol. The summed E-state index contributed by atoms with van der Waals surface area (Å²) >= 11 is 0. The summed E-state index contributed by atoms with van der Waals surface area (Å²) in [6, 6.07) is 8.94. The van der Waals surface area contributed by atoms with E-state index in [2.05, 4.69) is 49.9 Å². The molecule has 0 aliphatic heterocycles. The van der Waals surface area contributed by atoms with Crippen LogP contribution in [0.1, 0.15) is 19.4 Å². The van der Waals surface area contributed by atoms with Gasteiger partial charge < -0.3 is 15.4 Å². The van der Waals surface area contributed by atoms with Crippen molar-refractivity contribution in [2.24, 2.45) is 11.7 Å². The van der Waals surface area contributed by atoms with E-state index in [1.54, 1.807) is 7.11 Å². The van der Waals surface area contributed by atoms with Crippen LogP contribution in [0.25, 0.3) is 0 Å². The maximum absolute atomic E-state index is 5.95. The van der Waals surface area contributed by atoms with Crippen LogP contribution in [0.15, 0.2) is 24.3 Å². The number of ether oxygens (including phenoxy) is 1. The predicted molar refractivity (Wildman–Crippen MR) is 78.1 cm³/mol. The quantitative estimate of drug-likeness (QED) is 0.807. The van der Waals surface area contributed by atoms with Gasteiger partial charge in [-0.15, -0.1) is 0 Å². The number of hydrogen-bond donors (Lipinski definition) is 1. The molecular formula is C15H26N2O. The lowest BCUT2D eigenvalue weighted by Crippen LogP contribution is -2.46. The van der Waals surface area contributed by atoms with Crippen LogP contribution in [0, 0.1) is 12.8 Å². The number of aryl methyl sites for hydroxylation is 1. The fourth-order valence-electron chi connectivity index (χ4n) is 2.39. The molecule has 0 heterocycles. The first-order valence-corrected chi connectivity index (χ1v) is 6.66. The Kier molecular flexibility index (Phi) is 6.16. The van der Waals surface area contributed by atoms with Crippen LogP contribution in [0.3, 0.4) is 0 Å². The zero-order valence-corrected chi connectivity index (χ0v) is 12.0. The third-order valence-electron chi connectivity index (χ3n) is 3.43. The fraction of sp³-hybridized carbons (Fsp3) is 0.600. The number of hydrogen-bond acceptors (Lipinski definition) is 3. The Morgan fingerprint density at radius 1 is 1.28 bits per heavy atom. The van der Waals surface area contributed by atoms with Crippen molar-refractivity contribution in [1.29, 1.82) is 0 Å². The molecule has 3 heteroatoms. The molecule has 0 spiro atoms. The third kappa shape index (κ3) is 3.72. The van der Waals surface area contributed by atoms with Crippen LogP contribution in [0.2, 0.25) is 0 Å². The van der Waals surface area contributed by atoms with Gasteiger partial charge in [-0.3, -0.25) is 0 Å². The normalized spacial score (nSPS) is 14.3. The second-order valence-corrected chi connectivity index (χ2v) is 4.86. The Bertz CT molecular complexity index is 337. The van der Waals surface area contributed by atoms with Gasteiger partial charge in [0.05, 0.1) is 6.61 Å². The Labute approximate surface area is 111 Å². The summed E-state index contributed by atoms with van der Waals surface area (Å²) in [7, 11) is 1.74. The minimum atomic E-state index is 0.317. The molecule has 0 radical (unpaired) electrons. The second kappa shape index (κ2) is 7.39. The van der Waals surface area contributed by atoms with E-state index in [0.717, 1.165) is 13.2 Å². The highest BCUT2D eigenvalue weighted by Crippen LogP contribution is 2.21. The molecule has 0 aliphatic rings. The van der Waals surface area contributed by atoms with Gasteiger partial charge in [0.1, 0.15) is 0 Å². The van der Waals surface area contributed by atoms with Crippen LogP contribution in [0.5, 0.6) is 0 Å². The molecule has 2 N–H and O–H groups in total. The average molecular weight is 250 g/mol. The minimum absolute atomic E-state index is 0.317. The number of rotatable bonds is 7. The van der Waals surface area contributed by atoms with E-state index in [4.69, 9.17) is 10.5 Å². The van der Waals surface area contributed by atoms with Gasteiger partial charge in [-0.2, -0.15) is 0 Å². The Morgan fingerprint density at radius 3 is 2.33 bits per heavy atom. The molecule has 0 bridgehead atoms. The molecule has 1 aromatic rings. The summed E-state index contributed by atoms with van der Waals surface area (Å²) in [5.74, 6) is 0.418. The topological polar surface area (TPSA) is 38.5 Å². The van der Waals surface area contributed by atoms with Gasteiger partial charge in [0.25, 0.3) is 0 Å². The number of likely N-dealkylation sites (N-methyl/N-ethyl adjacent to an activating group) is 1. The molecule has 1 rings (SSSR count). The third-order valence-corrected chi connectivity index (χ3v) is 3.43. The minimum Gasteiger partial charge on any atom is -0.384 e. The van der Waals surface area contributed by atoms with Crippen molar-refractivity contribution < 1.29 is 4.74 Å². The van der Waals surface area contributed by atoms with Gasteiger partial charge in [0, 0.05) is 37.8 Å². The maximum Gasteiger partial charge on any atom is 0.0507 e. The summed E-state index contributed by atoms with van der Waals surface area (Å²) in [6.45, 7) is 8.81. The average Bonchev–Trinajstić information content (AvgIpc) is 2.37. The predicted octanol–water partition coefficient (Wildman–Crippen LogP) is 2.43. The van der Waals surface area contributed by atoms with Gasteiger partial charge in [-0.25, -0.2) is 0 Å². The van der Waals surface area contributed by atoms with Crippen LogP contribution in [-0.2, 0) is 4.74 Å². The number of nitrogens with zero attached hydrogens (tertiary/aromatic N) is 1. The zero-order valence-electron chi connectivity index (χ0n) is 12.0. The summed E-state index contributed by atoms with van der Waals surface area (Å²) < 4.78 is 5.25. The fourth-order valence-corrected chi connectivity index (χ4v) is 2.39. The van der Waals surface area contributed by atoms with Crippen molar-refractivity contribution in [1.82, 2.24) is 0 Å². The van der Waals surface area contributed by atoms with Crippen molar-refractivity contribution in [2.45, 2.75) is 26.8 Å². The lowest BCUT2D eigenvalue weighted by Gasteiger charge is -2.36. The van der Waals surface area contributed by atoms with E-state index in [-0.39, 0.29) is 0 Å². The van der Waals surface area contributed by atoms with Gasteiger partial charge in [-0.05, 0) is 26.0 Å². The Morgan fingerprint density at radius 2 is 1.89 bits per heavy atom. The first kappa shape index (κ1) is 15.0. The first-order valence-electron chi connectivity index (χ1n) is 6.66. The van der Waals surface area contributed by atoms with Gasteiger partial charge in [0.15, 0.2) is 0 Å². The summed E-state index contributed by atoms with van der Waals surface area (Å²) in [4.78, 5) is 2.36. The molecule has 102 valence electrons. The number of anilines is 1. The summed E-state index contributed by atoms with van der Waals surface area (Å²) in [5.41, 5.74) is 8.47. The number of benzene rings is 1. The molecule has 18 heavy (non-hydrogen) atoms. The molecule has 0 saturated carbocycles. The number of methoxy groups -OCH3 is 1. The molecule has 0 amide bonds. The molecule has 3 nitrogen and oxygen atoms in total. The van der Waals surface area contributed by atoms with Crippen molar-refractivity contribution in [3.63, 3.8) is 0 Å². The molecule has 0 aromatic heterocycles. The molecule has 0 saturated heterocycles. The van der Waals surface area contributed by atoms with Crippen LogP contribution < -0.4 is 10.6 Å². The lowest BCUT2D eigenvalue weighted by atomic mass is 10.00. The zero-order chi connectivity index (χ0) is 13.5. The first-order chi connectivity index (χ1) is 8.63. The van der Waals surface area contributed by atoms with Crippen LogP contribution in [0.4, 0.5) is 5.69 Å². The second-order valence-electron chi connectivity index (χ2n) is 4.86. The van der Waals surface area contributed by atoms with Crippen molar-refractivity contribution >= 4 is 5.69 Å². The molecule has 2 atom stereocenters. The largest absolute Gasteiger partial charge is 0.384 e. The summed E-state index contributed by atoms with van der Waals surface area (Å²) in [5, 5.41) is 0. The maximum atomic E-state index is 5.95. The number of nitrogens with two attached hydrogens (primary N) is 1. The van der Waals surface area contributed by atoms with E-state index < -0.39 is 0 Å². The molecule has 1 aromatic carbocycles.